The van der Waals surface area contributed by atoms with E-state index in [1.54, 1.807) is 74.5 Å². The minimum atomic E-state index is 0. The van der Waals surface area contributed by atoms with Crippen LogP contribution in [0.3, 0.4) is 0 Å². The molecule has 11 heteroatoms. The molecule has 0 aromatic heterocycles. The quantitative estimate of drug-likeness (QED) is 0.249. The standard InChI is InChI=1S/C12H12N2.2C8H6N4.Ru/c1-9-3-5-13-11(7-9)12-8-10(2)4-6-14-12;2*1-3-11-7(5-9-1)8-6-10-2-4-12-8;/h3-8H,1-2H3;2*1-6H;/q3*-2;+8. The van der Waals surface area contributed by atoms with Gasteiger partial charge in [0.25, 0.3) is 0 Å². The first-order valence-corrected chi connectivity index (χ1v) is 11.6. The second kappa shape index (κ2) is 15.5. The smallest absolute Gasteiger partial charge is 0.665 e. The molecular formula is C28H24N10Ru+2. The molecule has 6 rings (SSSR count). The molecule has 0 fully saturated rings. The number of hydrogen-bond acceptors (Lipinski definition) is 4. The van der Waals surface area contributed by atoms with Crippen molar-refractivity contribution in [3.63, 3.8) is 0 Å². The second-order valence-corrected chi connectivity index (χ2v) is 7.80. The molecule has 0 saturated heterocycles. The molecule has 0 aromatic rings. The average molecular weight is 602 g/mol. The SMILES string of the molecule is C1=C[N-]C(=C2C=NC=C[N-]2)C=N1.C1=C[N-]C(=C2C=NC=C[N-]2)C=N1.CC1=CC(=C2C=C(C)C=C[N-]2)[N-]C=C1.[Ru+8]. The van der Waals surface area contributed by atoms with Gasteiger partial charge in [-0.3, -0.25) is 20.0 Å². The Morgan fingerprint density at radius 3 is 0.923 bits per heavy atom. The summed E-state index contributed by atoms with van der Waals surface area (Å²) in [6.45, 7) is 4.11. The molecule has 6 aliphatic heterocycles. The van der Waals surface area contributed by atoms with E-state index in [0.717, 1.165) is 34.2 Å². The van der Waals surface area contributed by atoms with Crippen LogP contribution >= 0.6 is 0 Å². The number of allylic oxidation sites excluding steroid dienone is 10. The van der Waals surface area contributed by atoms with Gasteiger partial charge in [0.2, 0.25) is 0 Å². The molecular weight excluding hydrogens is 577 g/mol. The minimum absolute atomic E-state index is 0. The number of rotatable bonds is 0. The first-order chi connectivity index (χ1) is 18.7. The minimum Gasteiger partial charge on any atom is -0.665 e. The third-order valence-electron chi connectivity index (χ3n) is 4.87. The maximum Gasteiger partial charge on any atom is 8.00 e. The molecule has 6 aliphatic rings. The Morgan fingerprint density at radius 2 is 0.692 bits per heavy atom. The van der Waals surface area contributed by atoms with Crippen molar-refractivity contribution < 1.29 is 19.5 Å². The molecule has 192 valence electrons. The molecule has 0 spiro atoms. The summed E-state index contributed by atoms with van der Waals surface area (Å²) in [6, 6.07) is 0. The number of hydrogen-bond donors (Lipinski definition) is 0. The van der Waals surface area contributed by atoms with Gasteiger partial charge in [-0.25, -0.2) is 0 Å². The van der Waals surface area contributed by atoms with Gasteiger partial charge in [0.05, 0.1) is 0 Å². The molecule has 10 nitrogen and oxygen atoms in total. The van der Waals surface area contributed by atoms with E-state index in [1.807, 2.05) is 36.7 Å². The van der Waals surface area contributed by atoms with E-state index < -0.39 is 0 Å². The van der Waals surface area contributed by atoms with Crippen LogP contribution in [0.2, 0.25) is 0 Å². The zero-order valence-corrected chi connectivity index (χ0v) is 23.0. The zero-order chi connectivity index (χ0) is 26.4. The molecule has 0 amide bonds. The third-order valence-corrected chi connectivity index (χ3v) is 4.87. The van der Waals surface area contributed by atoms with Crippen LogP contribution < -0.4 is 0 Å². The van der Waals surface area contributed by atoms with Crippen molar-refractivity contribution >= 4 is 24.9 Å². The predicted octanol–water partition coefficient (Wildman–Crippen LogP) is 8.00. The van der Waals surface area contributed by atoms with E-state index in [-0.39, 0.29) is 19.5 Å². The Hall–Kier alpha value is -4.76. The van der Waals surface area contributed by atoms with Crippen LogP contribution in [0.15, 0.2) is 152 Å². The summed E-state index contributed by atoms with van der Waals surface area (Å²) < 4.78 is 0. The van der Waals surface area contributed by atoms with Crippen LogP contribution in [0.5, 0.6) is 0 Å². The molecule has 6 heterocycles. The van der Waals surface area contributed by atoms with Crippen molar-refractivity contribution in [2.45, 2.75) is 13.8 Å². The number of aliphatic imine (C=N–C) groups is 4. The topological polar surface area (TPSA) is 134 Å². The van der Waals surface area contributed by atoms with E-state index in [0.29, 0.717) is 0 Å². The maximum absolute atomic E-state index is 4.29. The zero-order valence-electron chi connectivity index (χ0n) is 21.2. The monoisotopic (exact) mass is 602 g/mol. The summed E-state index contributed by atoms with van der Waals surface area (Å²) in [5.41, 5.74) is 7.26. The van der Waals surface area contributed by atoms with Crippen LogP contribution in [0, 0.1) is 0 Å². The van der Waals surface area contributed by atoms with Gasteiger partial charge >= 0.3 is 19.5 Å². The van der Waals surface area contributed by atoms with Gasteiger partial charge in [0.15, 0.2) is 0 Å². The Bertz CT molecular complexity index is 1200. The van der Waals surface area contributed by atoms with Crippen molar-refractivity contribution in [1.82, 2.24) is 0 Å². The van der Waals surface area contributed by atoms with E-state index in [9.17, 15) is 0 Å². The fourth-order valence-electron chi connectivity index (χ4n) is 3.08. The third kappa shape index (κ3) is 9.25. The summed E-state index contributed by atoms with van der Waals surface area (Å²) in [5.74, 6) is 0. The Morgan fingerprint density at radius 1 is 0.410 bits per heavy atom. The van der Waals surface area contributed by atoms with Gasteiger partial charge in [0, 0.05) is 49.7 Å². The van der Waals surface area contributed by atoms with Gasteiger partial charge in [-0.1, -0.05) is 35.5 Å². The Balaban J connectivity index is 0.000000160. The molecule has 0 N–H and O–H groups in total. The van der Waals surface area contributed by atoms with Crippen molar-refractivity contribution in [1.29, 1.82) is 0 Å². The molecule has 0 bridgehead atoms. The first kappa shape index (κ1) is 28.8. The summed E-state index contributed by atoms with van der Waals surface area (Å²) >= 11 is 0. The van der Waals surface area contributed by atoms with Crippen LogP contribution in [0.1, 0.15) is 13.8 Å². The molecule has 0 atom stereocenters. The summed E-state index contributed by atoms with van der Waals surface area (Å²) in [4.78, 5) is 15.7. The second-order valence-electron chi connectivity index (χ2n) is 7.80. The molecule has 0 aromatic carbocycles. The fourth-order valence-corrected chi connectivity index (χ4v) is 3.08. The van der Waals surface area contributed by atoms with Gasteiger partial charge in [-0.05, 0) is 13.8 Å². The maximum atomic E-state index is 4.29. The van der Waals surface area contributed by atoms with Crippen LogP contribution in [0.25, 0.3) is 31.9 Å². The molecule has 0 unspecified atom stereocenters. The normalized spacial score (nSPS) is 24.6. The molecule has 39 heavy (non-hydrogen) atoms. The first-order valence-electron chi connectivity index (χ1n) is 11.6. The van der Waals surface area contributed by atoms with Crippen molar-refractivity contribution in [3.05, 3.63) is 164 Å². The predicted molar refractivity (Wildman–Crippen MR) is 158 cm³/mol. The van der Waals surface area contributed by atoms with Gasteiger partial charge in [-0.2, -0.15) is 48.6 Å². The van der Waals surface area contributed by atoms with Gasteiger partial charge in [0.1, 0.15) is 0 Å². The van der Waals surface area contributed by atoms with Gasteiger partial charge in [-0.15, -0.1) is 22.8 Å². The fraction of sp³-hybridized carbons (Fsp3) is 0.0714. The number of nitrogens with zero attached hydrogens (tertiary/aromatic N) is 10. The van der Waals surface area contributed by atoms with E-state index >= 15 is 0 Å². The van der Waals surface area contributed by atoms with E-state index in [4.69, 9.17) is 0 Å². The van der Waals surface area contributed by atoms with E-state index in [1.165, 1.54) is 11.1 Å². The van der Waals surface area contributed by atoms with Crippen LogP contribution in [-0.4, -0.2) is 24.9 Å². The Kier molecular flexibility index (Phi) is 11.4. The van der Waals surface area contributed by atoms with Crippen molar-refractivity contribution in [2.75, 3.05) is 0 Å². The van der Waals surface area contributed by atoms with Crippen LogP contribution in [-0.2, 0) is 19.5 Å². The van der Waals surface area contributed by atoms with Crippen molar-refractivity contribution in [3.8, 4) is 0 Å². The van der Waals surface area contributed by atoms with Crippen LogP contribution in [0.4, 0.5) is 0 Å². The summed E-state index contributed by atoms with van der Waals surface area (Å²) in [7, 11) is 0. The van der Waals surface area contributed by atoms with Gasteiger partial charge < -0.3 is 31.9 Å². The molecule has 0 aliphatic carbocycles. The Labute approximate surface area is 241 Å². The largest absolute Gasteiger partial charge is 8.00 e. The molecule has 0 saturated carbocycles. The van der Waals surface area contributed by atoms with Crippen molar-refractivity contribution in [2.24, 2.45) is 20.0 Å². The van der Waals surface area contributed by atoms with E-state index in [2.05, 4.69) is 65.7 Å². The summed E-state index contributed by atoms with van der Waals surface area (Å²) in [6.07, 6.45) is 31.3. The molecule has 0 radical (unpaired) electrons. The summed E-state index contributed by atoms with van der Waals surface area (Å²) in [5, 5.41) is 24.9. The average Bonchev–Trinajstić information content (AvgIpc) is 3.00.